The van der Waals surface area contributed by atoms with Crippen LogP contribution >= 0.6 is 15.9 Å². The fourth-order valence-electron chi connectivity index (χ4n) is 6.19. The number of esters is 1. The van der Waals surface area contributed by atoms with Gasteiger partial charge in [0.1, 0.15) is 24.0 Å². The first-order valence-corrected chi connectivity index (χ1v) is 13.7. The second-order valence-corrected chi connectivity index (χ2v) is 11.4. The van der Waals surface area contributed by atoms with Gasteiger partial charge in [0.15, 0.2) is 0 Å². The van der Waals surface area contributed by atoms with Crippen molar-refractivity contribution in [3.63, 3.8) is 0 Å². The van der Waals surface area contributed by atoms with E-state index in [9.17, 15) is 19.5 Å². The molecule has 0 aromatic heterocycles. The zero-order chi connectivity index (χ0) is 27.8. The number of carbonyl (C=O) groups is 3. The van der Waals surface area contributed by atoms with Crippen LogP contribution in [0, 0.1) is 17.8 Å². The van der Waals surface area contributed by atoms with Crippen LogP contribution in [0.4, 0.5) is 5.69 Å². The third-order valence-corrected chi connectivity index (χ3v) is 8.70. The lowest BCUT2D eigenvalue weighted by molar-refractivity contribution is -0.155. The fraction of sp³-hybridized carbons (Fsp3) is 0.536. The van der Waals surface area contributed by atoms with Gasteiger partial charge >= 0.3 is 5.97 Å². The Kier molecular flexibility index (Phi) is 8.34. The van der Waals surface area contributed by atoms with Crippen LogP contribution in [0.2, 0.25) is 0 Å². The van der Waals surface area contributed by atoms with E-state index in [-0.39, 0.29) is 42.3 Å². The number of likely N-dealkylation sites (tertiary alicyclic amines) is 1. The summed E-state index contributed by atoms with van der Waals surface area (Å²) in [5.74, 6) is -2.64. The molecule has 1 spiro atoms. The number of aliphatic hydroxyl groups is 1. The van der Waals surface area contributed by atoms with Crippen LogP contribution in [-0.4, -0.2) is 83.3 Å². The third kappa shape index (κ3) is 4.46. The number of anilines is 1. The number of nitrogens with zero attached hydrogens (tertiary/aromatic N) is 2. The number of hydrogen-bond acceptors (Lipinski definition) is 7. The Morgan fingerprint density at radius 3 is 2.53 bits per heavy atom. The fourth-order valence-corrected chi connectivity index (χ4v) is 7.14. The van der Waals surface area contributed by atoms with Crippen molar-refractivity contribution in [3.8, 4) is 5.75 Å². The van der Waals surface area contributed by atoms with Gasteiger partial charge in [-0.1, -0.05) is 48.5 Å². The van der Waals surface area contributed by atoms with Crippen molar-refractivity contribution in [2.45, 2.75) is 48.9 Å². The van der Waals surface area contributed by atoms with Crippen LogP contribution in [0.25, 0.3) is 0 Å². The quantitative estimate of drug-likeness (QED) is 0.240. The Bertz CT molecular complexity index is 1090. The van der Waals surface area contributed by atoms with Gasteiger partial charge < -0.3 is 29.1 Å². The van der Waals surface area contributed by atoms with Crippen molar-refractivity contribution in [2.75, 3.05) is 31.8 Å². The molecule has 4 rings (SSSR count). The molecule has 3 heterocycles. The van der Waals surface area contributed by atoms with Crippen LogP contribution in [0.5, 0.6) is 5.75 Å². The maximum absolute atomic E-state index is 14.5. The van der Waals surface area contributed by atoms with Gasteiger partial charge in [-0.3, -0.25) is 14.4 Å². The van der Waals surface area contributed by atoms with Gasteiger partial charge in [0.05, 0.1) is 37.7 Å². The van der Waals surface area contributed by atoms with Crippen LogP contribution in [0.15, 0.2) is 49.6 Å². The maximum Gasteiger partial charge on any atom is 0.312 e. The minimum Gasteiger partial charge on any atom is -0.497 e. The van der Waals surface area contributed by atoms with Crippen molar-refractivity contribution < 1.29 is 33.7 Å². The molecule has 3 aliphatic rings. The number of amides is 2. The van der Waals surface area contributed by atoms with Gasteiger partial charge in [0.25, 0.3) is 5.91 Å². The number of rotatable bonds is 11. The van der Waals surface area contributed by atoms with Gasteiger partial charge in [-0.15, -0.1) is 6.58 Å². The zero-order valence-corrected chi connectivity index (χ0v) is 23.5. The van der Waals surface area contributed by atoms with E-state index in [1.54, 1.807) is 42.4 Å². The van der Waals surface area contributed by atoms with Crippen molar-refractivity contribution in [1.82, 2.24) is 4.90 Å². The Morgan fingerprint density at radius 1 is 1.29 bits per heavy atom. The number of methoxy groups -OCH3 is 1. The average Bonchev–Trinajstić information content (AvgIpc) is 3.49. The normalized spacial score (nSPS) is 30.2. The minimum absolute atomic E-state index is 0.00479. The maximum atomic E-state index is 14.5. The molecule has 9 nitrogen and oxygen atoms in total. The molecule has 1 aromatic carbocycles. The number of carbonyl (C=O) groups excluding carboxylic acids is 3. The van der Waals surface area contributed by atoms with Gasteiger partial charge in [-0.05, 0) is 36.6 Å². The van der Waals surface area contributed by atoms with Crippen LogP contribution in [0.3, 0.4) is 0 Å². The van der Waals surface area contributed by atoms with Crippen LogP contribution < -0.4 is 9.64 Å². The molecule has 1 aromatic rings. The molecule has 0 saturated carbocycles. The monoisotopic (exact) mass is 590 g/mol. The van der Waals surface area contributed by atoms with E-state index in [0.29, 0.717) is 17.9 Å². The number of hydrogen-bond donors (Lipinski definition) is 1. The highest BCUT2D eigenvalue weighted by Crippen LogP contribution is 2.61. The molecule has 10 heteroatoms. The Balaban J connectivity index is 1.83. The van der Waals surface area contributed by atoms with Gasteiger partial charge in [0.2, 0.25) is 5.91 Å². The molecular weight excluding hydrogens is 556 g/mol. The van der Waals surface area contributed by atoms with Crippen molar-refractivity contribution >= 4 is 39.4 Å². The molecule has 2 amide bonds. The summed E-state index contributed by atoms with van der Waals surface area (Å²) in [5, 5.41) is 10.4. The molecule has 1 N–H and O–H groups in total. The third-order valence-electron chi connectivity index (χ3n) is 7.85. The van der Waals surface area contributed by atoms with E-state index < -0.39 is 41.6 Å². The van der Waals surface area contributed by atoms with Crippen LogP contribution in [-0.2, 0) is 23.9 Å². The number of alkyl halides is 1. The SMILES string of the molecule is C=CCOC(=O)[C@H]1[C@H]2C(=O)N([C@@H](CO)C(C)C)C(C(=O)N(CC=C)c3ccc(OC)cc3)C23CC(Br)[C@@H]1O3. The first-order valence-electron chi connectivity index (χ1n) is 12.8. The number of aliphatic hydroxyl groups excluding tert-OH is 1. The molecule has 0 radical (unpaired) electrons. The predicted molar refractivity (Wildman–Crippen MR) is 145 cm³/mol. The standard InChI is InChI=1S/C28H35BrN2O7/c1-6-12-30(17-8-10-18(36-5)11-9-17)26(34)24-28-14-19(29)23(38-28)21(27(35)37-13-7-2)22(28)25(33)31(24)20(15-32)16(3)4/h6-11,16,19-24,32H,1-2,12-15H2,3-5H3/t19?,20-,21-,22-,23-,24?,28?/m0/s1. The van der Waals surface area contributed by atoms with E-state index in [1.165, 1.54) is 11.0 Å². The summed E-state index contributed by atoms with van der Waals surface area (Å²) in [6.45, 7) is 11.0. The lowest BCUT2D eigenvalue weighted by Crippen LogP contribution is -2.60. The molecule has 38 heavy (non-hydrogen) atoms. The smallest absolute Gasteiger partial charge is 0.312 e. The predicted octanol–water partition coefficient (Wildman–Crippen LogP) is 2.71. The largest absolute Gasteiger partial charge is 0.497 e. The summed E-state index contributed by atoms with van der Waals surface area (Å²) in [7, 11) is 1.56. The first-order chi connectivity index (χ1) is 18.2. The van der Waals surface area contributed by atoms with Crippen LogP contribution in [0.1, 0.15) is 20.3 Å². The minimum atomic E-state index is -1.26. The summed E-state index contributed by atoms with van der Waals surface area (Å²) in [5.41, 5.74) is -0.670. The van der Waals surface area contributed by atoms with Gasteiger partial charge in [-0.25, -0.2) is 0 Å². The van der Waals surface area contributed by atoms with E-state index in [4.69, 9.17) is 14.2 Å². The summed E-state index contributed by atoms with van der Waals surface area (Å²) in [6.07, 6.45) is 2.80. The molecule has 3 fully saturated rings. The highest BCUT2D eigenvalue weighted by atomic mass is 79.9. The molecule has 0 aliphatic carbocycles. The summed E-state index contributed by atoms with van der Waals surface area (Å²) < 4.78 is 17.1. The lowest BCUT2D eigenvalue weighted by Gasteiger charge is -2.40. The summed E-state index contributed by atoms with van der Waals surface area (Å²) in [4.78, 5) is 44.6. The van der Waals surface area contributed by atoms with E-state index in [1.807, 2.05) is 13.8 Å². The van der Waals surface area contributed by atoms with Crippen molar-refractivity contribution in [1.29, 1.82) is 0 Å². The number of ether oxygens (including phenoxy) is 3. The van der Waals surface area contributed by atoms with E-state index >= 15 is 0 Å². The topological polar surface area (TPSA) is 106 Å². The number of benzene rings is 1. The first kappa shape index (κ1) is 28.3. The van der Waals surface area contributed by atoms with Crippen molar-refractivity contribution in [2.24, 2.45) is 17.8 Å². The molecule has 206 valence electrons. The van der Waals surface area contributed by atoms with E-state index in [2.05, 4.69) is 29.1 Å². The molecule has 3 unspecified atom stereocenters. The van der Waals surface area contributed by atoms with E-state index in [0.717, 1.165) is 0 Å². The lowest BCUT2D eigenvalue weighted by atomic mass is 9.70. The molecule has 7 atom stereocenters. The zero-order valence-electron chi connectivity index (χ0n) is 21.9. The van der Waals surface area contributed by atoms with Gasteiger partial charge in [-0.2, -0.15) is 0 Å². The second kappa shape index (κ2) is 11.2. The number of halogens is 1. The van der Waals surface area contributed by atoms with Gasteiger partial charge in [0, 0.05) is 17.1 Å². The highest BCUT2D eigenvalue weighted by molar-refractivity contribution is 9.09. The Labute approximate surface area is 231 Å². The second-order valence-electron chi connectivity index (χ2n) is 10.3. The average molecular weight is 591 g/mol. The Morgan fingerprint density at radius 2 is 1.97 bits per heavy atom. The summed E-state index contributed by atoms with van der Waals surface area (Å²) in [6, 6.07) is 5.30. The molecule has 2 bridgehead atoms. The Hall–Kier alpha value is -2.69. The highest BCUT2D eigenvalue weighted by Gasteiger charge is 2.77. The molecule has 3 saturated heterocycles. The molecule has 3 aliphatic heterocycles. The summed E-state index contributed by atoms with van der Waals surface area (Å²) >= 11 is 3.64. The number of fused-ring (bicyclic) bond motifs is 1. The van der Waals surface area contributed by atoms with Crippen molar-refractivity contribution in [3.05, 3.63) is 49.6 Å². The molecular formula is C28H35BrN2O7.